The van der Waals surface area contributed by atoms with Gasteiger partial charge in [-0.3, -0.25) is 9.79 Å². The molecular formula is C19H33N3O4S. The van der Waals surface area contributed by atoms with Crippen LogP contribution in [-0.4, -0.2) is 56.6 Å². The van der Waals surface area contributed by atoms with Gasteiger partial charge in [-0.1, -0.05) is 41.5 Å². The molecule has 2 aliphatic rings. The van der Waals surface area contributed by atoms with Gasteiger partial charge in [-0.05, 0) is 17.9 Å². The molecule has 2 heterocycles. The summed E-state index contributed by atoms with van der Waals surface area (Å²) in [5.41, 5.74) is 2.17. The Labute approximate surface area is 163 Å². The van der Waals surface area contributed by atoms with Gasteiger partial charge in [0.05, 0.1) is 13.2 Å². The number of fused-ring (bicyclic) bond motifs is 1. The minimum absolute atomic E-state index is 0.0518. The zero-order valence-corrected chi connectivity index (χ0v) is 18.5. The lowest BCUT2D eigenvalue weighted by atomic mass is 9.79. The first kappa shape index (κ1) is 21.9. The highest BCUT2D eigenvalue weighted by Gasteiger charge is 2.43. The van der Waals surface area contributed by atoms with E-state index in [9.17, 15) is 13.2 Å². The van der Waals surface area contributed by atoms with Crippen LogP contribution in [-0.2, 0) is 19.6 Å². The molecule has 0 spiro atoms. The number of amidine groups is 1. The largest absolute Gasteiger partial charge is 0.468 e. The van der Waals surface area contributed by atoms with Crippen molar-refractivity contribution in [3.05, 3.63) is 11.3 Å². The van der Waals surface area contributed by atoms with Gasteiger partial charge in [0.15, 0.2) is 5.75 Å². The Balaban J connectivity index is 2.37. The SMILES string of the molecule is COC(=O)CS(=O)(=O)N[C@H]1CC2=C(C(C)(C)C)[C@H](C)N=C(C(C)(C)C)N2C1. The molecule has 0 amide bonds. The molecule has 0 aromatic heterocycles. The first-order valence-corrected chi connectivity index (χ1v) is 11.0. The second-order valence-corrected chi connectivity index (χ2v) is 11.2. The van der Waals surface area contributed by atoms with Gasteiger partial charge >= 0.3 is 5.97 Å². The summed E-state index contributed by atoms with van der Waals surface area (Å²) in [7, 11) is -2.57. The van der Waals surface area contributed by atoms with Gasteiger partial charge in [0.2, 0.25) is 10.0 Å². The Morgan fingerprint density at radius 2 is 1.81 bits per heavy atom. The molecule has 0 aromatic carbocycles. The quantitative estimate of drug-likeness (QED) is 0.733. The molecule has 7 nitrogen and oxygen atoms in total. The summed E-state index contributed by atoms with van der Waals surface area (Å²) in [6, 6.07) is -0.249. The molecule has 154 valence electrons. The van der Waals surface area contributed by atoms with Crippen LogP contribution in [0.2, 0.25) is 0 Å². The molecule has 1 N–H and O–H groups in total. The average molecular weight is 400 g/mol. The van der Waals surface area contributed by atoms with Gasteiger partial charge in [0.25, 0.3) is 0 Å². The van der Waals surface area contributed by atoms with E-state index in [4.69, 9.17) is 4.99 Å². The topological polar surface area (TPSA) is 88.1 Å². The molecule has 2 aliphatic heterocycles. The number of carbonyl (C=O) groups is 1. The molecule has 0 saturated carbocycles. The molecule has 8 heteroatoms. The Morgan fingerprint density at radius 1 is 1.22 bits per heavy atom. The van der Waals surface area contributed by atoms with Crippen LogP contribution in [0.15, 0.2) is 16.3 Å². The van der Waals surface area contributed by atoms with Crippen molar-refractivity contribution in [3.63, 3.8) is 0 Å². The Morgan fingerprint density at radius 3 is 2.30 bits per heavy atom. The fourth-order valence-electron chi connectivity index (χ4n) is 4.01. The maximum absolute atomic E-state index is 12.3. The van der Waals surface area contributed by atoms with Crippen LogP contribution in [0.3, 0.4) is 0 Å². The number of sulfonamides is 1. The van der Waals surface area contributed by atoms with Crippen molar-refractivity contribution in [2.45, 2.75) is 67.0 Å². The van der Waals surface area contributed by atoms with Crippen molar-refractivity contribution in [1.82, 2.24) is 9.62 Å². The average Bonchev–Trinajstić information content (AvgIpc) is 2.84. The number of hydrogen-bond donors (Lipinski definition) is 1. The molecule has 0 bridgehead atoms. The first-order valence-electron chi connectivity index (χ1n) is 9.32. The predicted octanol–water partition coefficient (Wildman–Crippen LogP) is 2.30. The molecular weight excluding hydrogens is 366 g/mol. The third-order valence-electron chi connectivity index (χ3n) is 4.83. The molecule has 1 fully saturated rings. The van der Waals surface area contributed by atoms with Crippen LogP contribution in [0.1, 0.15) is 54.9 Å². The summed E-state index contributed by atoms with van der Waals surface area (Å²) >= 11 is 0. The Kier molecular flexibility index (Phi) is 5.84. The summed E-state index contributed by atoms with van der Waals surface area (Å²) in [6.07, 6.45) is 0.590. The molecule has 0 aromatic rings. The number of hydrogen-bond acceptors (Lipinski definition) is 6. The Bertz CT molecular complexity index is 770. The number of methoxy groups -OCH3 is 1. The van der Waals surface area contributed by atoms with Gasteiger partial charge in [-0.15, -0.1) is 0 Å². The van der Waals surface area contributed by atoms with E-state index in [1.165, 1.54) is 12.7 Å². The molecule has 27 heavy (non-hydrogen) atoms. The van der Waals surface area contributed by atoms with Crippen LogP contribution in [0.25, 0.3) is 0 Å². The maximum Gasteiger partial charge on any atom is 0.322 e. The van der Waals surface area contributed by atoms with Crippen molar-refractivity contribution in [3.8, 4) is 0 Å². The fraction of sp³-hybridized carbons (Fsp3) is 0.789. The third-order valence-corrected chi connectivity index (χ3v) is 6.14. The lowest BCUT2D eigenvalue weighted by molar-refractivity contribution is -0.137. The highest BCUT2D eigenvalue weighted by atomic mass is 32.2. The monoisotopic (exact) mass is 399 g/mol. The Hall–Kier alpha value is -1.41. The second-order valence-electron chi connectivity index (χ2n) is 9.45. The van der Waals surface area contributed by atoms with Crippen LogP contribution in [0, 0.1) is 10.8 Å². The van der Waals surface area contributed by atoms with Gasteiger partial charge in [0.1, 0.15) is 5.84 Å². The minimum atomic E-state index is -3.75. The van der Waals surface area contributed by atoms with Crippen molar-refractivity contribution in [2.75, 3.05) is 19.4 Å². The second kappa shape index (κ2) is 7.20. The van der Waals surface area contributed by atoms with E-state index in [-0.39, 0.29) is 22.9 Å². The highest BCUT2D eigenvalue weighted by molar-refractivity contribution is 7.90. The molecule has 0 unspecified atom stereocenters. The normalized spacial score (nSPS) is 24.0. The molecule has 0 radical (unpaired) electrons. The standard InChI is InChI=1S/C19H33N3O4S/c1-12-16(18(2,3)4)14-9-13(21-27(24,25)11-15(23)26-8)10-22(14)17(20-12)19(5,6)7/h12-13,21H,9-11H2,1-8H3/t12-,13-/m0/s1. The zero-order valence-electron chi connectivity index (χ0n) is 17.7. The highest BCUT2D eigenvalue weighted by Crippen LogP contribution is 2.42. The number of nitrogens with zero attached hydrogens (tertiary/aromatic N) is 2. The number of nitrogens with one attached hydrogen (secondary N) is 1. The number of carbonyl (C=O) groups excluding carboxylic acids is 1. The van der Waals surface area contributed by atoms with E-state index in [0.29, 0.717) is 13.0 Å². The van der Waals surface area contributed by atoms with Gasteiger partial charge in [0, 0.05) is 30.1 Å². The summed E-state index contributed by atoms with van der Waals surface area (Å²) < 4.78 is 31.8. The van der Waals surface area contributed by atoms with Crippen LogP contribution in [0.4, 0.5) is 0 Å². The van der Waals surface area contributed by atoms with Crippen LogP contribution < -0.4 is 4.72 Å². The zero-order chi connectivity index (χ0) is 20.8. The fourth-order valence-corrected chi connectivity index (χ4v) is 5.19. The number of aliphatic imine (C=N–C) groups is 1. The minimum Gasteiger partial charge on any atom is -0.468 e. The van der Waals surface area contributed by atoms with Gasteiger partial charge in [-0.2, -0.15) is 0 Å². The number of rotatable bonds is 4. The maximum atomic E-state index is 12.3. The van der Waals surface area contributed by atoms with E-state index in [1.54, 1.807) is 0 Å². The van der Waals surface area contributed by atoms with E-state index in [0.717, 1.165) is 11.5 Å². The van der Waals surface area contributed by atoms with Crippen molar-refractivity contribution in [2.24, 2.45) is 15.8 Å². The molecule has 0 aliphatic carbocycles. The van der Waals surface area contributed by atoms with Crippen LogP contribution in [0.5, 0.6) is 0 Å². The third kappa shape index (κ3) is 4.90. The van der Waals surface area contributed by atoms with E-state index in [2.05, 4.69) is 62.8 Å². The van der Waals surface area contributed by atoms with Crippen molar-refractivity contribution in [1.29, 1.82) is 0 Å². The van der Waals surface area contributed by atoms with Crippen molar-refractivity contribution < 1.29 is 17.9 Å². The first-order chi connectivity index (χ1) is 12.2. The van der Waals surface area contributed by atoms with Crippen molar-refractivity contribution >= 4 is 21.8 Å². The summed E-state index contributed by atoms with van der Waals surface area (Å²) in [6.45, 7) is 15.5. The lowest BCUT2D eigenvalue weighted by Crippen LogP contribution is -2.45. The van der Waals surface area contributed by atoms with E-state index >= 15 is 0 Å². The molecule has 2 rings (SSSR count). The van der Waals surface area contributed by atoms with Crippen LogP contribution >= 0.6 is 0 Å². The van der Waals surface area contributed by atoms with E-state index in [1.807, 2.05) is 0 Å². The molecule has 2 atom stereocenters. The number of ether oxygens (including phenoxy) is 1. The smallest absolute Gasteiger partial charge is 0.322 e. The number of esters is 1. The lowest BCUT2D eigenvalue weighted by Gasteiger charge is -2.41. The summed E-state index contributed by atoms with van der Waals surface area (Å²) in [5, 5.41) is 0. The van der Waals surface area contributed by atoms with Gasteiger partial charge in [-0.25, -0.2) is 13.1 Å². The van der Waals surface area contributed by atoms with Gasteiger partial charge < -0.3 is 9.64 Å². The summed E-state index contributed by atoms with van der Waals surface area (Å²) in [4.78, 5) is 18.5. The molecule has 1 saturated heterocycles. The van der Waals surface area contributed by atoms with E-state index < -0.39 is 21.7 Å². The summed E-state index contributed by atoms with van der Waals surface area (Å²) in [5.74, 6) is -0.451. The predicted molar refractivity (Wildman–Crippen MR) is 107 cm³/mol.